The van der Waals surface area contributed by atoms with Gasteiger partial charge in [0.1, 0.15) is 22.7 Å². The molecule has 0 spiro atoms. The first-order chi connectivity index (χ1) is 13.0. The van der Waals surface area contributed by atoms with E-state index >= 15 is 0 Å². The van der Waals surface area contributed by atoms with Crippen molar-refractivity contribution in [3.8, 4) is 11.5 Å². The molecular weight excluding hydrogens is 356 g/mol. The maximum absolute atomic E-state index is 12.6. The van der Waals surface area contributed by atoms with Gasteiger partial charge in [-0.3, -0.25) is 4.79 Å². The van der Waals surface area contributed by atoms with Gasteiger partial charge in [0.25, 0.3) is 0 Å². The van der Waals surface area contributed by atoms with Crippen molar-refractivity contribution >= 4 is 33.9 Å². The fourth-order valence-electron chi connectivity index (χ4n) is 2.39. The summed E-state index contributed by atoms with van der Waals surface area (Å²) in [6.45, 7) is -0.517. The fourth-order valence-corrected chi connectivity index (χ4v) is 2.39. The second kappa shape index (κ2) is 7.77. The average molecular weight is 372 g/mol. The molecule has 0 bridgehead atoms. The van der Waals surface area contributed by atoms with Gasteiger partial charge >= 0.3 is 11.9 Å². The van der Waals surface area contributed by atoms with E-state index in [1.54, 1.807) is 24.3 Å². The molecule has 8 nitrogen and oxygen atoms in total. The second-order valence-corrected chi connectivity index (χ2v) is 5.48. The maximum atomic E-state index is 12.6. The zero-order valence-electron chi connectivity index (χ0n) is 14.6. The highest BCUT2D eigenvalue weighted by Gasteiger charge is 2.11. The van der Waals surface area contributed by atoms with Crippen LogP contribution in [0, 0.1) is 0 Å². The summed E-state index contributed by atoms with van der Waals surface area (Å²) in [5.41, 5.74) is 0.366. The Morgan fingerprint density at radius 3 is 1.67 bits per heavy atom. The summed E-state index contributed by atoms with van der Waals surface area (Å²) in [5, 5.41) is 0.743. The van der Waals surface area contributed by atoms with Crippen molar-refractivity contribution in [2.75, 3.05) is 27.4 Å². The summed E-state index contributed by atoms with van der Waals surface area (Å²) >= 11 is 0. The number of rotatable bonds is 6. The van der Waals surface area contributed by atoms with Crippen molar-refractivity contribution in [2.24, 2.45) is 0 Å². The second-order valence-electron chi connectivity index (χ2n) is 5.48. The Morgan fingerprint density at radius 1 is 0.815 bits per heavy atom. The Balaban J connectivity index is 1.96. The van der Waals surface area contributed by atoms with E-state index in [2.05, 4.69) is 9.47 Å². The Bertz CT molecular complexity index is 985. The van der Waals surface area contributed by atoms with E-state index in [9.17, 15) is 14.4 Å². The Kier molecular flexibility index (Phi) is 5.25. The van der Waals surface area contributed by atoms with Crippen LogP contribution in [-0.4, -0.2) is 39.4 Å². The van der Waals surface area contributed by atoms with Crippen molar-refractivity contribution in [1.82, 2.24) is 0 Å². The molecule has 0 fully saturated rings. The van der Waals surface area contributed by atoms with Crippen LogP contribution in [0.3, 0.4) is 0 Å². The molecule has 0 aliphatic rings. The average Bonchev–Trinajstić information content (AvgIpc) is 2.69. The predicted molar refractivity (Wildman–Crippen MR) is 95.0 cm³/mol. The van der Waals surface area contributed by atoms with Crippen LogP contribution in [0.5, 0.6) is 11.5 Å². The topological polar surface area (TPSA) is 101 Å². The Morgan fingerprint density at radius 2 is 1.26 bits per heavy atom. The standard InChI is InChI=1S/C19H16O8/c1-23-17(20)9-25-11-3-5-13-15(7-11)27-16-8-12(26-10-18(21)24-2)4-6-14(16)19(13)22/h3-8H,9-10H2,1-2H3. The number of benzene rings is 2. The van der Waals surface area contributed by atoms with Crippen LogP contribution in [0.1, 0.15) is 0 Å². The van der Waals surface area contributed by atoms with E-state index < -0.39 is 11.9 Å². The Labute approximate surface area is 153 Å². The van der Waals surface area contributed by atoms with E-state index in [1.165, 1.54) is 26.4 Å². The van der Waals surface area contributed by atoms with Gasteiger partial charge in [-0.1, -0.05) is 0 Å². The summed E-state index contributed by atoms with van der Waals surface area (Å²) in [5.74, 6) is -0.341. The molecule has 3 rings (SSSR count). The smallest absolute Gasteiger partial charge is 0.343 e. The van der Waals surface area contributed by atoms with Crippen molar-refractivity contribution in [3.05, 3.63) is 46.6 Å². The van der Waals surface area contributed by atoms with E-state index in [4.69, 9.17) is 13.9 Å². The molecule has 27 heavy (non-hydrogen) atoms. The molecule has 0 saturated heterocycles. The molecule has 0 saturated carbocycles. The third-order valence-corrected chi connectivity index (χ3v) is 3.78. The van der Waals surface area contributed by atoms with Gasteiger partial charge < -0.3 is 23.4 Å². The van der Waals surface area contributed by atoms with Gasteiger partial charge in [-0.15, -0.1) is 0 Å². The van der Waals surface area contributed by atoms with E-state index in [-0.39, 0.29) is 18.6 Å². The fraction of sp³-hybridized carbons (Fsp3) is 0.211. The normalized spacial score (nSPS) is 10.6. The zero-order chi connectivity index (χ0) is 19.4. The first-order valence-electron chi connectivity index (χ1n) is 7.91. The molecule has 3 aromatic rings. The quantitative estimate of drug-likeness (QED) is 0.479. The summed E-state index contributed by atoms with van der Waals surface area (Å²) in [6.07, 6.45) is 0. The molecule has 140 valence electrons. The number of carbonyl (C=O) groups excluding carboxylic acids is 2. The molecule has 1 heterocycles. The number of ether oxygens (including phenoxy) is 4. The van der Waals surface area contributed by atoms with Crippen LogP contribution in [0.2, 0.25) is 0 Å². The summed E-state index contributed by atoms with van der Waals surface area (Å²) in [6, 6.07) is 9.30. The summed E-state index contributed by atoms with van der Waals surface area (Å²) < 4.78 is 25.4. The molecule has 0 N–H and O–H groups in total. The van der Waals surface area contributed by atoms with Gasteiger partial charge in [0, 0.05) is 12.1 Å². The maximum Gasteiger partial charge on any atom is 0.343 e. The summed E-state index contributed by atoms with van der Waals surface area (Å²) in [7, 11) is 2.52. The van der Waals surface area contributed by atoms with Crippen molar-refractivity contribution in [3.63, 3.8) is 0 Å². The number of fused-ring (bicyclic) bond motifs is 2. The van der Waals surface area contributed by atoms with Gasteiger partial charge in [0.05, 0.1) is 25.0 Å². The highest BCUT2D eigenvalue weighted by Crippen LogP contribution is 2.25. The van der Waals surface area contributed by atoms with E-state index in [0.29, 0.717) is 33.4 Å². The highest BCUT2D eigenvalue weighted by molar-refractivity contribution is 5.90. The lowest BCUT2D eigenvalue weighted by molar-refractivity contribution is -0.143. The van der Waals surface area contributed by atoms with Gasteiger partial charge in [-0.25, -0.2) is 9.59 Å². The minimum atomic E-state index is -0.526. The third kappa shape index (κ3) is 4.00. The molecule has 8 heteroatoms. The number of esters is 2. The first kappa shape index (κ1) is 18.2. The minimum absolute atomic E-state index is 0.217. The SMILES string of the molecule is COC(=O)COc1ccc2c(=O)c3ccc(OCC(=O)OC)cc3oc2c1. The number of hydrogen-bond donors (Lipinski definition) is 0. The molecule has 0 amide bonds. The molecule has 2 aromatic carbocycles. The zero-order valence-corrected chi connectivity index (χ0v) is 14.6. The van der Waals surface area contributed by atoms with E-state index in [0.717, 1.165) is 0 Å². The van der Waals surface area contributed by atoms with Crippen molar-refractivity contribution in [2.45, 2.75) is 0 Å². The van der Waals surface area contributed by atoms with Crippen LogP contribution in [-0.2, 0) is 19.1 Å². The van der Waals surface area contributed by atoms with Gasteiger partial charge in [0.15, 0.2) is 13.2 Å². The van der Waals surface area contributed by atoms with Gasteiger partial charge in [-0.2, -0.15) is 0 Å². The lowest BCUT2D eigenvalue weighted by atomic mass is 10.1. The minimum Gasteiger partial charge on any atom is -0.482 e. The molecule has 0 unspecified atom stereocenters. The monoisotopic (exact) mass is 372 g/mol. The largest absolute Gasteiger partial charge is 0.482 e. The van der Waals surface area contributed by atoms with Gasteiger partial charge in [-0.05, 0) is 24.3 Å². The van der Waals surface area contributed by atoms with Crippen LogP contribution in [0.25, 0.3) is 21.9 Å². The molecule has 0 atom stereocenters. The lowest BCUT2D eigenvalue weighted by Gasteiger charge is -2.08. The molecule has 0 aliphatic heterocycles. The predicted octanol–water partition coefficient (Wildman–Crippen LogP) is 2.05. The number of methoxy groups -OCH3 is 2. The van der Waals surface area contributed by atoms with Crippen LogP contribution in [0.15, 0.2) is 45.6 Å². The molecule has 0 radical (unpaired) electrons. The van der Waals surface area contributed by atoms with Gasteiger partial charge in [0.2, 0.25) is 5.43 Å². The Hall–Kier alpha value is -3.55. The molecular formula is C19H16O8. The third-order valence-electron chi connectivity index (χ3n) is 3.78. The van der Waals surface area contributed by atoms with Crippen LogP contribution < -0.4 is 14.9 Å². The van der Waals surface area contributed by atoms with Crippen molar-refractivity contribution in [1.29, 1.82) is 0 Å². The first-order valence-corrected chi connectivity index (χ1v) is 7.91. The van der Waals surface area contributed by atoms with E-state index in [1.807, 2.05) is 0 Å². The summed E-state index contributed by atoms with van der Waals surface area (Å²) in [4.78, 5) is 35.0. The highest BCUT2D eigenvalue weighted by atomic mass is 16.6. The van der Waals surface area contributed by atoms with Crippen LogP contribution in [0.4, 0.5) is 0 Å². The van der Waals surface area contributed by atoms with Crippen LogP contribution >= 0.6 is 0 Å². The lowest BCUT2D eigenvalue weighted by Crippen LogP contribution is -2.13. The number of hydrogen-bond acceptors (Lipinski definition) is 8. The number of carbonyl (C=O) groups is 2. The van der Waals surface area contributed by atoms with Crippen molar-refractivity contribution < 1.29 is 33.0 Å². The molecule has 1 aromatic heterocycles. The molecule has 0 aliphatic carbocycles.